The van der Waals surface area contributed by atoms with Crippen molar-refractivity contribution in [3.63, 3.8) is 0 Å². The number of halogens is 3. The molecule has 5 nitrogen and oxygen atoms in total. The summed E-state index contributed by atoms with van der Waals surface area (Å²) in [6.07, 6.45) is -5.52. The quantitative estimate of drug-likeness (QED) is 0.842. The van der Waals surface area contributed by atoms with Crippen molar-refractivity contribution >= 4 is 5.97 Å². The molecule has 1 N–H and O–H groups in total. The third-order valence-electron chi connectivity index (χ3n) is 2.42. The fourth-order valence-corrected chi connectivity index (χ4v) is 1.65. The van der Waals surface area contributed by atoms with Gasteiger partial charge in [-0.05, 0) is 24.6 Å². The molecular weight excluding hydrogens is 291 g/mol. The molecule has 8 heteroatoms. The Bertz CT molecular complexity index is 564. The molecule has 0 bridgehead atoms. The van der Waals surface area contributed by atoms with Gasteiger partial charge in [-0.15, -0.1) is 13.2 Å². The minimum absolute atomic E-state index is 0.0604. The number of hydrogen-bond acceptors (Lipinski definition) is 5. The molecule has 0 radical (unpaired) electrons. The number of carbonyl (C=O) groups is 1. The lowest BCUT2D eigenvalue weighted by Gasteiger charge is -2.15. The Morgan fingerprint density at radius 1 is 1.43 bits per heavy atom. The Morgan fingerprint density at radius 2 is 2.10 bits per heavy atom. The Kier molecular flexibility index (Phi) is 5.55. The molecular formula is C13H12F3NO4. The number of ether oxygens (including phenoxy) is 2. The Balaban J connectivity index is 3.29. The zero-order valence-corrected chi connectivity index (χ0v) is 11.0. The van der Waals surface area contributed by atoms with E-state index in [1.54, 1.807) is 13.0 Å². The van der Waals surface area contributed by atoms with Gasteiger partial charge in [-0.2, -0.15) is 5.26 Å². The second-order valence-electron chi connectivity index (χ2n) is 3.92. The molecule has 0 aliphatic carbocycles. The third kappa shape index (κ3) is 4.96. The van der Waals surface area contributed by atoms with Crippen molar-refractivity contribution in [3.8, 4) is 11.8 Å². The minimum Gasteiger partial charge on any atom is -0.466 e. The number of hydrogen-bond donors (Lipinski definition) is 1. The molecule has 1 aromatic carbocycles. The summed E-state index contributed by atoms with van der Waals surface area (Å²) in [5, 5.41) is 18.0. The van der Waals surface area contributed by atoms with E-state index in [2.05, 4.69) is 9.47 Å². The number of carbonyl (C=O) groups excluding carboxylic acids is 1. The highest BCUT2D eigenvalue weighted by atomic mass is 19.4. The van der Waals surface area contributed by atoms with Crippen LogP contribution >= 0.6 is 0 Å². The summed E-state index contributed by atoms with van der Waals surface area (Å²) in [5.74, 6) is -1.48. The molecule has 0 spiro atoms. The molecule has 0 aliphatic heterocycles. The molecule has 1 aromatic rings. The monoisotopic (exact) mass is 303 g/mol. The largest absolute Gasteiger partial charge is 0.573 e. The van der Waals surface area contributed by atoms with Crippen LogP contribution in [0, 0.1) is 11.3 Å². The van der Waals surface area contributed by atoms with Crippen molar-refractivity contribution in [1.29, 1.82) is 5.26 Å². The van der Waals surface area contributed by atoms with Crippen LogP contribution in [0.4, 0.5) is 13.2 Å². The highest BCUT2D eigenvalue weighted by molar-refractivity contribution is 5.75. The van der Waals surface area contributed by atoms with Crippen molar-refractivity contribution in [2.75, 3.05) is 6.61 Å². The molecule has 0 aliphatic rings. The predicted octanol–water partition coefficient (Wildman–Crippen LogP) is 2.05. The standard InChI is InChI=1S/C13H12F3NO4/c1-2-20-12(19)5-10-9(6-17)3-8(7-18)4-11(10)21-13(14,15)16/h3-4,18H,2,5,7H2,1H3. The predicted molar refractivity (Wildman–Crippen MR) is 64.1 cm³/mol. The van der Waals surface area contributed by atoms with Gasteiger partial charge in [0.1, 0.15) is 5.75 Å². The average Bonchev–Trinajstić information content (AvgIpc) is 2.39. The van der Waals surface area contributed by atoms with Crippen molar-refractivity contribution < 1.29 is 32.5 Å². The summed E-state index contributed by atoms with van der Waals surface area (Å²) in [5.41, 5.74) is -0.349. The maximum absolute atomic E-state index is 12.4. The van der Waals surface area contributed by atoms with E-state index < -0.39 is 31.1 Å². The second kappa shape index (κ2) is 6.95. The molecule has 1 rings (SSSR count). The maximum Gasteiger partial charge on any atom is 0.573 e. The van der Waals surface area contributed by atoms with E-state index in [0.29, 0.717) is 0 Å². The van der Waals surface area contributed by atoms with E-state index in [1.807, 2.05) is 0 Å². The van der Waals surface area contributed by atoms with Gasteiger partial charge in [-0.1, -0.05) is 0 Å². The number of nitriles is 1. The van der Waals surface area contributed by atoms with E-state index in [0.717, 1.165) is 6.07 Å². The van der Waals surface area contributed by atoms with E-state index in [1.165, 1.54) is 6.07 Å². The van der Waals surface area contributed by atoms with Crippen molar-refractivity contribution in [1.82, 2.24) is 0 Å². The first kappa shape index (κ1) is 16.8. The molecule has 21 heavy (non-hydrogen) atoms. The van der Waals surface area contributed by atoms with Gasteiger partial charge >= 0.3 is 12.3 Å². The lowest BCUT2D eigenvalue weighted by molar-refractivity contribution is -0.275. The van der Waals surface area contributed by atoms with Gasteiger partial charge in [-0.25, -0.2) is 0 Å². The number of rotatable bonds is 5. The number of aliphatic hydroxyl groups excluding tert-OH is 1. The summed E-state index contributed by atoms with van der Waals surface area (Å²) in [7, 11) is 0. The van der Waals surface area contributed by atoms with E-state index in [-0.39, 0.29) is 23.3 Å². The highest BCUT2D eigenvalue weighted by Gasteiger charge is 2.33. The zero-order chi connectivity index (χ0) is 16.0. The number of alkyl halides is 3. The molecule has 0 amide bonds. The van der Waals surface area contributed by atoms with Gasteiger partial charge in [-0.3, -0.25) is 4.79 Å². The van der Waals surface area contributed by atoms with Gasteiger partial charge in [0.2, 0.25) is 0 Å². The van der Waals surface area contributed by atoms with Crippen LogP contribution in [-0.2, 0) is 22.6 Å². The molecule has 0 heterocycles. The van der Waals surface area contributed by atoms with Crippen LogP contribution in [0.25, 0.3) is 0 Å². The summed E-state index contributed by atoms with van der Waals surface area (Å²) < 4.78 is 45.7. The Labute approximate surface area is 118 Å². The van der Waals surface area contributed by atoms with E-state index in [4.69, 9.17) is 10.4 Å². The fraction of sp³-hybridized carbons (Fsp3) is 0.385. The van der Waals surface area contributed by atoms with Gasteiger partial charge in [0.15, 0.2) is 0 Å². The van der Waals surface area contributed by atoms with Crippen LogP contribution in [0.2, 0.25) is 0 Å². The van der Waals surface area contributed by atoms with Crippen LogP contribution < -0.4 is 4.74 Å². The summed E-state index contributed by atoms with van der Waals surface area (Å²) >= 11 is 0. The lowest BCUT2D eigenvalue weighted by Crippen LogP contribution is -2.20. The van der Waals surface area contributed by atoms with Gasteiger partial charge in [0.25, 0.3) is 0 Å². The van der Waals surface area contributed by atoms with Crippen LogP contribution in [-0.4, -0.2) is 24.0 Å². The molecule has 0 saturated heterocycles. The highest BCUT2D eigenvalue weighted by Crippen LogP contribution is 2.30. The van der Waals surface area contributed by atoms with E-state index >= 15 is 0 Å². The molecule has 114 valence electrons. The summed E-state index contributed by atoms with van der Waals surface area (Å²) in [6, 6.07) is 3.80. The van der Waals surface area contributed by atoms with Gasteiger partial charge in [0, 0.05) is 5.56 Å². The van der Waals surface area contributed by atoms with Crippen LogP contribution in [0.3, 0.4) is 0 Å². The molecule has 0 fully saturated rings. The normalized spacial score (nSPS) is 10.9. The summed E-state index contributed by atoms with van der Waals surface area (Å²) in [4.78, 5) is 11.4. The van der Waals surface area contributed by atoms with Gasteiger partial charge < -0.3 is 14.6 Å². The van der Waals surface area contributed by atoms with Crippen molar-refractivity contribution in [2.24, 2.45) is 0 Å². The first-order valence-electron chi connectivity index (χ1n) is 5.88. The summed E-state index contributed by atoms with van der Waals surface area (Å²) in [6.45, 7) is 1.04. The first-order chi connectivity index (χ1) is 9.80. The van der Waals surface area contributed by atoms with Crippen LogP contribution in [0.15, 0.2) is 12.1 Å². The SMILES string of the molecule is CCOC(=O)Cc1c(C#N)cc(CO)cc1OC(F)(F)F. The van der Waals surface area contributed by atoms with Crippen molar-refractivity contribution in [2.45, 2.75) is 26.3 Å². The number of nitrogens with zero attached hydrogens (tertiary/aromatic N) is 1. The first-order valence-corrected chi connectivity index (χ1v) is 5.88. The zero-order valence-electron chi connectivity index (χ0n) is 11.0. The maximum atomic E-state index is 12.4. The number of aliphatic hydroxyl groups is 1. The topological polar surface area (TPSA) is 79.6 Å². The number of benzene rings is 1. The molecule has 0 aromatic heterocycles. The van der Waals surface area contributed by atoms with Crippen LogP contribution in [0.1, 0.15) is 23.6 Å². The second-order valence-corrected chi connectivity index (χ2v) is 3.92. The Morgan fingerprint density at radius 3 is 2.57 bits per heavy atom. The average molecular weight is 303 g/mol. The number of esters is 1. The molecule has 0 atom stereocenters. The Hall–Kier alpha value is -2.27. The van der Waals surface area contributed by atoms with Crippen LogP contribution in [0.5, 0.6) is 5.75 Å². The van der Waals surface area contributed by atoms with Gasteiger partial charge in [0.05, 0.1) is 31.3 Å². The fourth-order valence-electron chi connectivity index (χ4n) is 1.65. The molecule has 0 unspecified atom stereocenters. The smallest absolute Gasteiger partial charge is 0.466 e. The lowest BCUT2D eigenvalue weighted by atomic mass is 10.0. The van der Waals surface area contributed by atoms with E-state index in [9.17, 15) is 18.0 Å². The molecule has 0 saturated carbocycles. The third-order valence-corrected chi connectivity index (χ3v) is 2.42. The minimum atomic E-state index is -4.98. The van der Waals surface area contributed by atoms with Crippen molar-refractivity contribution in [3.05, 3.63) is 28.8 Å².